The molecule has 0 aliphatic rings. The lowest BCUT2D eigenvalue weighted by Crippen LogP contribution is -2.09. The SMILES string of the molecule is CC[C@@H](N)c1ccccc1Oc1c(C)nn(C)c1C. The van der Waals surface area contributed by atoms with Gasteiger partial charge in [0.1, 0.15) is 11.4 Å². The van der Waals surface area contributed by atoms with Crippen molar-refractivity contribution in [2.75, 3.05) is 0 Å². The van der Waals surface area contributed by atoms with Crippen LogP contribution >= 0.6 is 0 Å². The first-order valence-corrected chi connectivity index (χ1v) is 6.57. The fourth-order valence-electron chi connectivity index (χ4n) is 2.11. The molecule has 1 atom stereocenters. The Morgan fingerprint density at radius 1 is 1.32 bits per heavy atom. The molecule has 0 fully saturated rings. The topological polar surface area (TPSA) is 53.1 Å². The van der Waals surface area contributed by atoms with Gasteiger partial charge in [-0.3, -0.25) is 4.68 Å². The molecule has 2 aromatic rings. The summed E-state index contributed by atoms with van der Waals surface area (Å²) < 4.78 is 7.88. The van der Waals surface area contributed by atoms with Crippen LogP contribution in [-0.2, 0) is 7.05 Å². The minimum Gasteiger partial charge on any atom is -0.453 e. The molecule has 2 N–H and O–H groups in total. The maximum atomic E-state index is 6.13. The summed E-state index contributed by atoms with van der Waals surface area (Å²) in [5, 5.41) is 4.36. The maximum Gasteiger partial charge on any atom is 0.171 e. The van der Waals surface area contributed by atoms with Gasteiger partial charge < -0.3 is 10.5 Å². The van der Waals surface area contributed by atoms with E-state index < -0.39 is 0 Å². The Hall–Kier alpha value is -1.81. The molecular weight excluding hydrogens is 238 g/mol. The van der Waals surface area contributed by atoms with E-state index in [2.05, 4.69) is 12.0 Å². The Bertz CT molecular complexity index is 575. The summed E-state index contributed by atoms with van der Waals surface area (Å²) in [6.07, 6.45) is 0.880. The van der Waals surface area contributed by atoms with E-state index in [0.29, 0.717) is 0 Å². The molecule has 1 aromatic carbocycles. The Labute approximate surface area is 114 Å². The van der Waals surface area contributed by atoms with E-state index in [-0.39, 0.29) is 6.04 Å². The van der Waals surface area contributed by atoms with Crippen molar-refractivity contribution < 1.29 is 4.74 Å². The van der Waals surface area contributed by atoms with E-state index in [1.54, 1.807) is 0 Å². The Morgan fingerprint density at radius 2 is 2.00 bits per heavy atom. The van der Waals surface area contributed by atoms with Crippen molar-refractivity contribution in [3.63, 3.8) is 0 Å². The lowest BCUT2D eigenvalue weighted by molar-refractivity contribution is 0.461. The van der Waals surface area contributed by atoms with Gasteiger partial charge in [-0.05, 0) is 26.3 Å². The minimum absolute atomic E-state index is 0.00603. The zero-order chi connectivity index (χ0) is 14.0. The summed E-state index contributed by atoms with van der Waals surface area (Å²) in [6, 6.07) is 7.91. The van der Waals surface area contributed by atoms with Crippen LogP contribution in [0.1, 0.15) is 36.3 Å². The number of hydrogen-bond acceptors (Lipinski definition) is 3. The second-order valence-electron chi connectivity index (χ2n) is 4.78. The first kappa shape index (κ1) is 13.6. The first-order valence-electron chi connectivity index (χ1n) is 6.57. The molecule has 0 spiro atoms. The van der Waals surface area contributed by atoms with Gasteiger partial charge in [0.15, 0.2) is 5.75 Å². The molecule has 0 unspecified atom stereocenters. The number of rotatable bonds is 4. The average Bonchev–Trinajstić information content (AvgIpc) is 2.65. The van der Waals surface area contributed by atoms with E-state index >= 15 is 0 Å². The zero-order valence-corrected chi connectivity index (χ0v) is 12.0. The Morgan fingerprint density at radius 3 is 2.58 bits per heavy atom. The molecular formula is C15H21N3O. The van der Waals surface area contributed by atoms with Gasteiger partial charge in [-0.25, -0.2) is 0 Å². The summed E-state index contributed by atoms with van der Waals surface area (Å²) >= 11 is 0. The van der Waals surface area contributed by atoms with E-state index in [1.807, 2.05) is 49.8 Å². The van der Waals surface area contributed by atoms with Gasteiger partial charge in [-0.1, -0.05) is 25.1 Å². The Kier molecular flexibility index (Phi) is 3.90. The summed E-state index contributed by atoms with van der Waals surface area (Å²) in [7, 11) is 1.92. The van der Waals surface area contributed by atoms with Crippen LogP contribution in [0.5, 0.6) is 11.5 Å². The van der Waals surface area contributed by atoms with Crippen LogP contribution in [0.15, 0.2) is 24.3 Å². The van der Waals surface area contributed by atoms with Gasteiger partial charge in [0.2, 0.25) is 0 Å². The molecule has 0 aliphatic heterocycles. The number of para-hydroxylation sites is 1. The van der Waals surface area contributed by atoms with Crippen LogP contribution in [0, 0.1) is 13.8 Å². The maximum absolute atomic E-state index is 6.13. The number of aryl methyl sites for hydroxylation is 2. The van der Waals surface area contributed by atoms with Crippen molar-refractivity contribution >= 4 is 0 Å². The highest BCUT2D eigenvalue weighted by Gasteiger charge is 2.15. The van der Waals surface area contributed by atoms with E-state index in [4.69, 9.17) is 10.5 Å². The summed E-state index contributed by atoms with van der Waals surface area (Å²) in [4.78, 5) is 0. The fourth-order valence-corrected chi connectivity index (χ4v) is 2.11. The molecule has 4 nitrogen and oxygen atoms in total. The van der Waals surface area contributed by atoms with Crippen molar-refractivity contribution in [3.8, 4) is 11.5 Å². The lowest BCUT2D eigenvalue weighted by atomic mass is 10.0. The highest BCUT2D eigenvalue weighted by molar-refractivity contribution is 5.42. The van der Waals surface area contributed by atoms with Gasteiger partial charge in [0.05, 0.1) is 5.69 Å². The number of benzene rings is 1. The predicted octanol–water partition coefficient (Wildman–Crippen LogP) is 3.24. The van der Waals surface area contributed by atoms with E-state index in [9.17, 15) is 0 Å². The van der Waals surface area contributed by atoms with Crippen LogP contribution in [0.4, 0.5) is 0 Å². The Balaban J connectivity index is 2.38. The predicted molar refractivity (Wildman–Crippen MR) is 76.4 cm³/mol. The van der Waals surface area contributed by atoms with Crippen molar-refractivity contribution in [2.45, 2.75) is 33.2 Å². The van der Waals surface area contributed by atoms with Crippen LogP contribution in [0.3, 0.4) is 0 Å². The second-order valence-corrected chi connectivity index (χ2v) is 4.78. The standard InChI is InChI=1S/C15H21N3O/c1-5-13(16)12-8-6-7-9-14(12)19-15-10(2)17-18(4)11(15)3/h6-9,13H,5,16H2,1-4H3/t13-/m1/s1. The zero-order valence-electron chi connectivity index (χ0n) is 12.0. The molecule has 4 heteroatoms. The third kappa shape index (κ3) is 2.63. The van der Waals surface area contributed by atoms with Crippen molar-refractivity contribution in [1.29, 1.82) is 0 Å². The van der Waals surface area contributed by atoms with Crippen LogP contribution in [-0.4, -0.2) is 9.78 Å². The second kappa shape index (κ2) is 5.45. The molecule has 2 rings (SSSR count). The minimum atomic E-state index is -0.00603. The average molecular weight is 259 g/mol. The largest absolute Gasteiger partial charge is 0.453 e. The van der Waals surface area contributed by atoms with E-state index in [0.717, 1.165) is 34.9 Å². The normalized spacial score (nSPS) is 12.5. The molecule has 1 aromatic heterocycles. The highest BCUT2D eigenvalue weighted by atomic mass is 16.5. The molecule has 19 heavy (non-hydrogen) atoms. The third-order valence-corrected chi connectivity index (χ3v) is 3.41. The molecule has 102 valence electrons. The molecule has 0 bridgehead atoms. The number of nitrogens with two attached hydrogens (primary N) is 1. The van der Waals surface area contributed by atoms with Crippen LogP contribution < -0.4 is 10.5 Å². The third-order valence-electron chi connectivity index (χ3n) is 3.41. The van der Waals surface area contributed by atoms with Crippen molar-refractivity contribution in [2.24, 2.45) is 12.8 Å². The van der Waals surface area contributed by atoms with Crippen molar-refractivity contribution in [1.82, 2.24) is 9.78 Å². The smallest absolute Gasteiger partial charge is 0.171 e. The first-order chi connectivity index (χ1) is 9.04. The summed E-state index contributed by atoms with van der Waals surface area (Å²) in [5.41, 5.74) is 9.06. The molecule has 1 heterocycles. The summed E-state index contributed by atoms with van der Waals surface area (Å²) in [5.74, 6) is 1.63. The number of ether oxygens (including phenoxy) is 1. The molecule has 0 saturated carbocycles. The van der Waals surface area contributed by atoms with Gasteiger partial charge in [0.25, 0.3) is 0 Å². The highest BCUT2D eigenvalue weighted by Crippen LogP contribution is 2.32. The van der Waals surface area contributed by atoms with Crippen LogP contribution in [0.2, 0.25) is 0 Å². The van der Waals surface area contributed by atoms with E-state index in [1.165, 1.54) is 0 Å². The number of nitrogens with zero attached hydrogens (tertiary/aromatic N) is 2. The summed E-state index contributed by atoms with van der Waals surface area (Å²) in [6.45, 7) is 6.02. The fraction of sp³-hybridized carbons (Fsp3) is 0.400. The number of aromatic nitrogens is 2. The van der Waals surface area contributed by atoms with Crippen molar-refractivity contribution in [3.05, 3.63) is 41.2 Å². The number of hydrogen-bond donors (Lipinski definition) is 1. The molecule has 0 amide bonds. The van der Waals surface area contributed by atoms with Gasteiger partial charge in [0, 0.05) is 18.7 Å². The lowest BCUT2D eigenvalue weighted by Gasteiger charge is -2.15. The van der Waals surface area contributed by atoms with Gasteiger partial charge in [-0.2, -0.15) is 5.10 Å². The molecule has 0 radical (unpaired) electrons. The molecule has 0 saturated heterocycles. The quantitative estimate of drug-likeness (QED) is 0.917. The van der Waals surface area contributed by atoms with Gasteiger partial charge in [-0.15, -0.1) is 0 Å². The molecule has 0 aliphatic carbocycles. The van der Waals surface area contributed by atoms with Crippen LogP contribution in [0.25, 0.3) is 0 Å². The van der Waals surface area contributed by atoms with Gasteiger partial charge >= 0.3 is 0 Å². The monoisotopic (exact) mass is 259 g/mol.